The van der Waals surface area contributed by atoms with Crippen LogP contribution in [0.1, 0.15) is 26.1 Å². The highest BCUT2D eigenvalue weighted by molar-refractivity contribution is 5.53. The van der Waals surface area contributed by atoms with Crippen LogP contribution < -0.4 is 19.9 Å². The summed E-state index contributed by atoms with van der Waals surface area (Å²) >= 11 is 0. The summed E-state index contributed by atoms with van der Waals surface area (Å²) in [6, 6.07) is 10.8. The van der Waals surface area contributed by atoms with Crippen molar-refractivity contribution in [2.75, 3.05) is 48.4 Å². The number of hydrogen-bond acceptors (Lipinski definition) is 6. The van der Waals surface area contributed by atoms with Crippen LogP contribution in [0.15, 0.2) is 30.3 Å². The van der Waals surface area contributed by atoms with E-state index in [1.165, 1.54) is 5.69 Å². The Labute approximate surface area is 156 Å². The van der Waals surface area contributed by atoms with Crippen LogP contribution in [-0.4, -0.2) is 49.3 Å². The topological polar surface area (TPSA) is 53.5 Å². The highest BCUT2D eigenvalue weighted by Crippen LogP contribution is 2.23. The lowest BCUT2D eigenvalue weighted by atomic mass is 10.2. The Balaban J connectivity index is 1.65. The lowest BCUT2D eigenvalue weighted by Gasteiger charge is -2.37. The first-order valence-electron chi connectivity index (χ1n) is 9.35. The molecule has 1 aromatic carbocycles. The Morgan fingerprint density at radius 2 is 1.73 bits per heavy atom. The van der Waals surface area contributed by atoms with E-state index in [0.29, 0.717) is 6.04 Å². The molecule has 0 spiro atoms. The van der Waals surface area contributed by atoms with Gasteiger partial charge >= 0.3 is 0 Å². The molecule has 0 radical (unpaired) electrons. The molecule has 1 N–H and O–H groups in total. The van der Waals surface area contributed by atoms with Crippen molar-refractivity contribution in [1.29, 1.82) is 0 Å². The monoisotopic (exact) mass is 355 g/mol. The van der Waals surface area contributed by atoms with Crippen molar-refractivity contribution < 1.29 is 4.74 Å². The Kier molecular flexibility index (Phi) is 5.81. The van der Waals surface area contributed by atoms with Gasteiger partial charge in [0.05, 0.1) is 7.11 Å². The summed E-state index contributed by atoms with van der Waals surface area (Å²) in [5.41, 5.74) is 1.24. The lowest BCUT2D eigenvalue weighted by Crippen LogP contribution is -2.47. The number of nitrogens with one attached hydrogen (secondary N) is 1. The van der Waals surface area contributed by atoms with Crippen molar-refractivity contribution in [2.45, 2.75) is 33.2 Å². The van der Waals surface area contributed by atoms with E-state index in [-0.39, 0.29) is 0 Å². The Morgan fingerprint density at radius 3 is 2.35 bits per heavy atom. The maximum atomic E-state index is 5.24. The molecular formula is C20H29N5O. The molecule has 1 aliphatic rings. The fourth-order valence-corrected chi connectivity index (χ4v) is 3.13. The third kappa shape index (κ3) is 4.36. The minimum Gasteiger partial charge on any atom is -0.497 e. The maximum Gasteiger partial charge on any atom is 0.134 e. The van der Waals surface area contributed by atoms with E-state index >= 15 is 0 Å². The highest BCUT2D eigenvalue weighted by atomic mass is 16.5. The van der Waals surface area contributed by atoms with Crippen LogP contribution in [0.4, 0.5) is 17.3 Å². The molecule has 2 heterocycles. The summed E-state index contributed by atoms with van der Waals surface area (Å²) in [6.07, 6.45) is 1.07. The van der Waals surface area contributed by atoms with Gasteiger partial charge < -0.3 is 19.9 Å². The van der Waals surface area contributed by atoms with Gasteiger partial charge in [0.25, 0.3) is 0 Å². The Morgan fingerprint density at radius 1 is 1.08 bits per heavy atom. The average Bonchev–Trinajstić information content (AvgIpc) is 2.67. The van der Waals surface area contributed by atoms with Gasteiger partial charge in [-0.2, -0.15) is 0 Å². The van der Waals surface area contributed by atoms with Crippen molar-refractivity contribution >= 4 is 17.3 Å². The molecule has 1 atom stereocenters. The second-order valence-electron chi connectivity index (χ2n) is 6.78. The van der Waals surface area contributed by atoms with Gasteiger partial charge in [0.15, 0.2) is 0 Å². The van der Waals surface area contributed by atoms with E-state index in [1.54, 1.807) is 7.11 Å². The maximum absolute atomic E-state index is 5.24. The van der Waals surface area contributed by atoms with Gasteiger partial charge in [-0.3, -0.25) is 0 Å². The predicted molar refractivity (Wildman–Crippen MR) is 108 cm³/mol. The second kappa shape index (κ2) is 8.25. The van der Waals surface area contributed by atoms with Crippen LogP contribution >= 0.6 is 0 Å². The zero-order valence-electron chi connectivity index (χ0n) is 16.2. The number of nitrogens with zero attached hydrogens (tertiary/aromatic N) is 4. The number of ether oxygens (including phenoxy) is 1. The third-order valence-electron chi connectivity index (χ3n) is 4.87. The molecular weight excluding hydrogens is 326 g/mol. The van der Waals surface area contributed by atoms with Gasteiger partial charge in [-0.25, -0.2) is 9.97 Å². The molecule has 6 nitrogen and oxygen atoms in total. The summed E-state index contributed by atoms with van der Waals surface area (Å²) in [5.74, 6) is 3.63. The number of benzene rings is 1. The fraction of sp³-hybridized carbons (Fsp3) is 0.500. The predicted octanol–water partition coefficient (Wildman–Crippen LogP) is 3.33. The number of piperazine rings is 1. The summed E-state index contributed by atoms with van der Waals surface area (Å²) in [7, 11) is 1.70. The lowest BCUT2D eigenvalue weighted by molar-refractivity contribution is 0.415. The zero-order valence-corrected chi connectivity index (χ0v) is 16.2. The standard InChI is InChI=1S/C20H29N5O/c1-5-15(2)21-19-14-20(23-16(3)22-19)25-12-10-24(11-13-25)17-6-8-18(26-4)9-7-17/h6-9,14-15H,5,10-13H2,1-4H3,(H,21,22,23). The number of aromatic nitrogens is 2. The van der Waals surface area contributed by atoms with Crippen molar-refractivity contribution in [3.05, 3.63) is 36.2 Å². The molecule has 0 bridgehead atoms. The van der Waals surface area contributed by atoms with Gasteiger partial charge in [0, 0.05) is 44.0 Å². The van der Waals surface area contributed by atoms with Crippen LogP contribution in [0.25, 0.3) is 0 Å². The van der Waals surface area contributed by atoms with Crippen LogP contribution in [0.3, 0.4) is 0 Å². The SMILES string of the molecule is CCC(C)Nc1cc(N2CCN(c3ccc(OC)cc3)CC2)nc(C)n1. The van der Waals surface area contributed by atoms with Gasteiger partial charge in [-0.05, 0) is 44.5 Å². The van der Waals surface area contributed by atoms with Gasteiger partial charge in [-0.15, -0.1) is 0 Å². The molecule has 2 aromatic rings. The van der Waals surface area contributed by atoms with E-state index in [0.717, 1.165) is 55.8 Å². The molecule has 1 fully saturated rings. The largest absolute Gasteiger partial charge is 0.497 e. The number of anilines is 3. The number of hydrogen-bond donors (Lipinski definition) is 1. The van der Waals surface area contributed by atoms with E-state index in [2.05, 4.69) is 57.1 Å². The van der Waals surface area contributed by atoms with E-state index in [1.807, 2.05) is 19.1 Å². The summed E-state index contributed by atoms with van der Waals surface area (Å²) in [6.45, 7) is 10.2. The van der Waals surface area contributed by atoms with E-state index < -0.39 is 0 Å². The van der Waals surface area contributed by atoms with E-state index in [4.69, 9.17) is 4.74 Å². The first-order chi connectivity index (χ1) is 12.6. The highest BCUT2D eigenvalue weighted by Gasteiger charge is 2.19. The third-order valence-corrected chi connectivity index (χ3v) is 4.87. The van der Waals surface area contributed by atoms with Crippen molar-refractivity contribution in [2.24, 2.45) is 0 Å². The number of methoxy groups -OCH3 is 1. The molecule has 6 heteroatoms. The Hall–Kier alpha value is -2.50. The first-order valence-corrected chi connectivity index (χ1v) is 9.35. The van der Waals surface area contributed by atoms with Gasteiger partial charge in [0.1, 0.15) is 23.2 Å². The first kappa shape index (κ1) is 18.3. The van der Waals surface area contributed by atoms with Crippen LogP contribution in [0.2, 0.25) is 0 Å². The van der Waals surface area contributed by atoms with E-state index in [9.17, 15) is 0 Å². The molecule has 26 heavy (non-hydrogen) atoms. The smallest absolute Gasteiger partial charge is 0.134 e. The molecule has 1 unspecified atom stereocenters. The molecule has 0 amide bonds. The average molecular weight is 355 g/mol. The Bertz CT molecular complexity index is 711. The minimum atomic E-state index is 0.407. The fourth-order valence-electron chi connectivity index (χ4n) is 3.13. The number of rotatable bonds is 6. The van der Waals surface area contributed by atoms with Crippen LogP contribution in [0, 0.1) is 6.92 Å². The molecule has 0 saturated carbocycles. The zero-order chi connectivity index (χ0) is 18.5. The quantitative estimate of drug-likeness (QED) is 0.858. The molecule has 3 rings (SSSR count). The molecule has 140 valence electrons. The second-order valence-corrected chi connectivity index (χ2v) is 6.78. The summed E-state index contributed by atoms with van der Waals surface area (Å²) in [5, 5.41) is 3.46. The molecule has 0 aliphatic carbocycles. The van der Waals surface area contributed by atoms with Crippen molar-refractivity contribution in [3.8, 4) is 5.75 Å². The molecule has 1 aromatic heterocycles. The van der Waals surface area contributed by atoms with Crippen LogP contribution in [-0.2, 0) is 0 Å². The summed E-state index contributed by atoms with van der Waals surface area (Å²) in [4.78, 5) is 13.9. The number of aryl methyl sites for hydroxylation is 1. The normalized spacial score (nSPS) is 15.7. The summed E-state index contributed by atoms with van der Waals surface area (Å²) < 4.78 is 5.24. The molecule has 1 saturated heterocycles. The van der Waals surface area contributed by atoms with Crippen LogP contribution in [0.5, 0.6) is 5.75 Å². The minimum absolute atomic E-state index is 0.407. The van der Waals surface area contributed by atoms with Gasteiger partial charge in [0.2, 0.25) is 0 Å². The van der Waals surface area contributed by atoms with Crippen molar-refractivity contribution in [1.82, 2.24) is 9.97 Å². The molecule has 1 aliphatic heterocycles. The van der Waals surface area contributed by atoms with Gasteiger partial charge in [-0.1, -0.05) is 6.92 Å². The van der Waals surface area contributed by atoms with Crippen molar-refractivity contribution in [3.63, 3.8) is 0 Å².